The van der Waals surface area contributed by atoms with E-state index in [2.05, 4.69) is 6.92 Å². The van der Waals surface area contributed by atoms with Gasteiger partial charge in [0, 0.05) is 13.1 Å². The summed E-state index contributed by atoms with van der Waals surface area (Å²) in [6.07, 6.45) is 1.97. The summed E-state index contributed by atoms with van der Waals surface area (Å²) < 4.78 is 27.1. The molecule has 0 spiro atoms. The Morgan fingerprint density at radius 1 is 1.37 bits per heavy atom. The van der Waals surface area contributed by atoms with E-state index < -0.39 is 10.0 Å². The molecule has 1 atom stereocenters. The first-order valence-electron chi connectivity index (χ1n) is 6.73. The summed E-state index contributed by atoms with van der Waals surface area (Å²) in [6.45, 7) is 7.06. The highest BCUT2D eigenvalue weighted by Crippen LogP contribution is 2.31. The van der Waals surface area contributed by atoms with E-state index in [0.29, 0.717) is 29.6 Å². The van der Waals surface area contributed by atoms with Gasteiger partial charge in [-0.3, -0.25) is 0 Å². The summed E-state index contributed by atoms with van der Waals surface area (Å²) in [5.74, 6) is 0.473. The Morgan fingerprint density at radius 2 is 2.05 bits per heavy atom. The van der Waals surface area contributed by atoms with Gasteiger partial charge in [-0.1, -0.05) is 19.4 Å². The van der Waals surface area contributed by atoms with Crippen molar-refractivity contribution >= 4 is 15.7 Å². The van der Waals surface area contributed by atoms with Crippen LogP contribution in [0.1, 0.15) is 30.9 Å². The van der Waals surface area contributed by atoms with E-state index in [0.717, 1.165) is 24.0 Å². The molecule has 0 saturated carbocycles. The lowest BCUT2D eigenvalue weighted by Gasteiger charge is -2.20. The van der Waals surface area contributed by atoms with Crippen LogP contribution < -0.4 is 5.73 Å². The quantitative estimate of drug-likeness (QED) is 0.865. The van der Waals surface area contributed by atoms with E-state index in [1.54, 1.807) is 10.4 Å². The Balaban J connectivity index is 2.44. The second-order valence-corrected chi connectivity index (χ2v) is 7.23. The van der Waals surface area contributed by atoms with E-state index in [4.69, 9.17) is 5.73 Å². The van der Waals surface area contributed by atoms with Crippen LogP contribution in [0.25, 0.3) is 0 Å². The first kappa shape index (κ1) is 14.3. The average Bonchev–Trinajstić information content (AvgIpc) is 2.83. The van der Waals surface area contributed by atoms with E-state index in [1.807, 2.05) is 19.9 Å². The predicted octanol–water partition coefficient (Wildman–Crippen LogP) is 2.31. The highest BCUT2D eigenvalue weighted by molar-refractivity contribution is 7.89. The van der Waals surface area contributed by atoms with Crippen LogP contribution in [0.3, 0.4) is 0 Å². The molecule has 19 heavy (non-hydrogen) atoms. The molecule has 106 valence electrons. The molecule has 1 aliphatic heterocycles. The number of nitrogens with zero attached hydrogens (tertiary/aromatic N) is 1. The van der Waals surface area contributed by atoms with E-state index in [9.17, 15) is 8.42 Å². The molecule has 0 aromatic heterocycles. The van der Waals surface area contributed by atoms with E-state index in [-0.39, 0.29) is 0 Å². The molecule has 0 radical (unpaired) electrons. The minimum Gasteiger partial charge on any atom is -0.398 e. The van der Waals surface area contributed by atoms with Gasteiger partial charge < -0.3 is 5.73 Å². The molecule has 0 aliphatic carbocycles. The lowest BCUT2D eigenvalue weighted by atomic mass is 10.1. The van der Waals surface area contributed by atoms with Gasteiger partial charge in [0.25, 0.3) is 0 Å². The smallest absolute Gasteiger partial charge is 0.245 e. The summed E-state index contributed by atoms with van der Waals surface area (Å²) in [5.41, 5.74) is 7.98. The normalized spacial score (nSPS) is 20.9. The van der Waals surface area contributed by atoms with Crippen LogP contribution in [0, 0.1) is 19.8 Å². The molecule has 1 unspecified atom stereocenters. The Kier molecular flexibility index (Phi) is 3.87. The molecule has 1 aliphatic rings. The largest absolute Gasteiger partial charge is 0.398 e. The lowest BCUT2D eigenvalue weighted by molar-refractivity contribution is 0.453. The van der Waals surface area contributed by atoms with Crippen molar-refractivity contribution in [2.24, 2.45) is 5.92 Å². The Labute approximate surface area is 115 Å². The third-order valence-electron chi connectivity index (χ3n) is 4.13. The van der Waals surface area contributed by atoms with Gasteiger partial charge in [0.05, 0.1) is 5.69 Å². The number of sulfonamides is 1. The highest BCUT2D eigenvalue weighted by atomic mass is 32.2. The molecule has 1 saturated heterocycles. The number of anilines is 1. The van der Waals surface area contributed by atoms with Crippen LogP contribution in [0.5, 0.6) is 0 Å². The molecular weight excluding hydrogens is 260 g/mol. The lowest BCUT2D eigenvalue weighted by Crippen LogP contribution is -2.30. The van der Waals surface area contributed by atoms with E-state index >= 15 is 0 Å². The number of aryl methyl sites for hydroxylation is 1. The van der Waals surface area contributed by atoms with Crippen molar-refractivity contribution in [1.82, 2.24) is 4.31 Å². The molecule has 5 heteroatoms. The maximum Gasteiger partial charge on any atom is 0.245 e. The number of hydrogen-bond acceptors (Lipinski definition) is 3. The third kappa shape index (κ3) is 2.49. The van der Waals surface area contributed by atoms with Crippen LogP contribution in [-0.2, 0) is 10.0 Å². The molecule has 2 N–H and O–H groups in total. The number of rotatable bonds is 3. The van der Waals surface area contributed by atoms with Crippen molar-refractivity contribution < 1.29 is 8.42 Å². The maximum absolute atomic E-state index is 12.7. The van der Waals surface area contributed by atoms with Crippen molar-refractivity contribution in [3.63, 3.8) is 0 Å². The van der Waals surface area contributed by atoms with E-state index in [1.165, 1.54) is 0 Å². The SMILES string of the molecule is CCC1CCN(S(=O)(=O)c2c(N)ccc(C)c2C)C1. The molecule has 1 aromatic rings. The second kappa shape index (κ2) is 5.13. The minimum atomic E-state index is -3.46. The van der Waals surface area contributed by atoms with Gasteiger partial charge in [0.1, 0.15) is 4.90 Å². The van der Waals surface area contributed by atoms with Crippen molar-refractivity contribution in [1.29, 1.82) is 0 Å². The van der Waals surface area contributed by atoms with Gasteiger partial charge in [0.2, 0.25) is 10.0 Å². The number of nitrogen functional groups attached to an aromatic ring is 1. The first-order valence-corrected chi connectivity index (χ1v) is 8.17. The van der Waals surface area contributed by atoms with Crippen molar-refractivity contribution in [3.05, 3.63) is 23.3 Å². The topological polar surface area (TPSA) is 63.4 Å². The monoisotopic (exact) mass is 282 g/mol. The average molecular weight is 282 g/mol. The maximum atomic E-state index is 12.7. The van der Waals surface area contributed by atoms with Gasteiger partial charge in [-0.2, -0.15) is 4.31 Å². The zero-order valence-electron chi connectivity index (χ0n) is 11.8. The van der Waals surface area contributed by atoms with Gasteiger partial charge >= 0.3 is 0 Å². The fourth-order valence-corrected chi connectivity index (χ4v) is 4.56. The van der Waals surface area contributed by atoms with Gasteiger partial charge in [0.15, 0.2) is 0 Å². The summed E-state index contributed by atoms with van der Waals surface area (Å²) in [4.78, 5) is 0.296. The van der Waals surface area contributed by atoms with Gasteiger partial charge in [-0.05, 0) is 43.4 Å². The Bertz CT molecular complexity index is 581. The summed E-state index contributed by atoms with van der Waals surface area (Å²) in [6, 6.07) is 3.55. The first-order chi connectivity index (χ1) is 8.87. The molecule has 4 nitrogen and oxygen atoms in total. The van der Waals surface area contributed by atoms with Crippen molar-refractivity contribution in [2.75, 3.05) is 18.8 Å². The second-order valence-electron chi connectivity index (χ2n) is 5.35. The van der Waals surface area contributed by atoms with Crippen LogP contribution in [-0.4, -0.2) is 25.8 Å². The van der Waals surface area contributed by atoms with Crippen LogP contribution in [0.4, 0.5) is 5.69 Å². The highest BCUT2D eigenvalue weighted by Gasteiger charge is 2.34. The molecule has 0 bridgehead atoms. The van der Waals surface area contributed by atoms with Crippen molar-refractivity contribution in [3.8, 4) is 0 Å². The zero-order chi connectivity index (χ0) is 14.2. The Hall–Kier alpha value is -1.07. The Morgan fingerprint density at radius 3 is 2.63 bits per heavy atom. The predicted molar refractivity (Wildman–Crippen MR) is 77.5 cm³/mol. The minimum absolute atomic E-state index is 0.296. The molecule has 1 aromatic carbocycles. The third-order valence-corrected chi connectivity index (χ3v) is 6.20. The molecule has 1 fully saturated rings. The standard InChI is InChI=1S/C14H22N2O2S/c1-4-12-7-8-16(9-12)19(17,18)14-11(3)10(2)5-6-13(14)15/h5-6,12H,4,7-9,15H2,1-3H3. The van der Waals surface area contributed by atoms with Gasteiger partial charge in [-0.25, -0.2) is 8.42 Å². The summed E-state index contributed by atoms with van der Waals surface area (Å²) in [5, 5.41) is 0. The number of nitrogens with two attached hydrogens (primary N) is 1. The fourth-order valence-electron chi connectivity index (χ4n) is 2.63. The van der Waals surface area contributed by atoms with Crippen molar-refractivity contribution in [2.45, 2.75) is 38.5 Å². The zero-order valence-corrected chi connectivity index (χ0v) is 12.6. The van der Waals surface area contributed by atoms with Crippen LogP contribution in [0.15, 0.2) is 17.0 Å². The molecule has 1 heterocycles. The fraction of sp³-hybridized carbons (Fsp3) is 0.571. The number of benzene rings is 1. The molecule has 0 amide bonds. The van der Waals surface area contributed by atoms with Gasteiger partial charge in [-0.15, -0.1) is 0 Å². The molecular formula is C14H22N2O2S. The summed E-state index contributed by atoms with van der Waals surface area (Å²) >= 11 is 0. The van der Waals surface area contributed by atoms with Crippen LogP contribution in [0.2, 0.25) is 0 Å². The number of hydrogen-bond donors (Lipinski definition) is 1. The van der Waals surface area contributed by atoms with Crippen LogP contribution >= 0.6 is 0 Å². The summed E-state index contributed by atoms with van der Waals surface area (Å²) in [7, 11) is -3.46. The molecule has 2 rings (SSSR count).